The molecule has 0 saturated heterocycles. The molecule has 1 atom stereocenters. The van der Waals surface area contributed by atoms with Crippen LogP contribution in [0.15, 0.2) is 36.9 Å². The quantitative estimate of drug-likeness (QED) is 0.423. The Hall–Kier alpha value is -3.95. The van der Waals surface area contributed by atoms with E-state index in [0.29, 0.717) is 41.7 Å². The predicted octanol–water partition coefficient (Wildman–Crippen LogP) is 4.30. The van der Waals surface area contributed by atoms with Gasteiger partial charge in [0.05, 0.1) is 12.8 Å². The van der Waals surface area contributed by atoms with Crippen LogP contribution >= 0.6 is 0 Å². The Bertz CT molecular complexity index is 1350. The van der Waals surface area contributed by atoms with Crippen molar-refractivity contribution in [3.8, 4) is 11.6 Å². The van der Waals surface area contributed by atoms with Gasteiger partial charge in [-0.2, -0.15) is 5.10 Å². The van der Waals surface area contributed by atoms with E-state index in [4.69, 9.17) is 4.74 Å². The van der Waals surface area contributed by atoms with Crippen LogP contribution in [0.4, 0.5) is 13.2 Å². The number of methoxy groups -OCH3 is 1. The number of ether oxygens (including phenoxy) is 1. The smallest absolute Gasteiger partial charge is 0.194 e. The van der Waals surface area contributed by atoms with Crippen molar-refractivity contribution in [1.29, 1.82) is 0 Å². The van der Waals surface area contributed by atoms with Gasteiger partial charge in [0.25, 0.3) is 0 Å². The Labute approximate surface area is 187 Å². The number of pyridine rings is 1. The van der Waals surface area contributed by atoms with Crippen molar-refractivity contribution in [2.24, 2.45) is 0 Å². The number of nitrogens with zero attached hydrogens (tertiary/aromatic N) is 6. The fourth-order valence-electron chi connectivity index (χ4n) is 3.93. The molecular weight excluding hydrogens is 433 g/mol. The second kappa shape index (κ2) is 8.19. The van der Waals surface area contributed by atoms with Crippen LogP contribution in [0.1, 0.15) is 40.8 Å². The van der Waals surface area contributed by atoms with Crippen molar-refractivity contribution in [2.75, 3.05) is 7.11 Å². The lowest BCUT2D eigenvalue weighted by Crippen LogP contribution is -2.02. The minimum absolute atomic E-state index is 0.340. The van der Waals surface area contributed by atoms with E-state index in [9.17, 15) is 13.2 Å². The monoisotopic (exact) mass is 452 g/mol. The third-order valence-electron chi connectivity index (χ3n) is 5.52. The number of benzene rings is 1. The van der Waals surface area contributed by atoms with E-state index < -0.39 is 17.5 Å². The summed E-state index contributed by atoms with van der Waals surface area (Å²) in [7, 11) is 1.57. The molecule has 33 heavy (non-hydrogen) atoms. The van der Waals surface area contributed by atoms with E-state index in [-0.39, 0.29) is 5.92 Å². The molecule has 168 valence electrons. The van der Waals surface area contributed by atoms with Gasteiger partial charge in [0.2, 0.25) is 0 Å². The standard InChI is InChI=1S/C23H19F3N6O/c1-13-11-31(12-28-13)23-19(33-2)7-14(10-27-23)3-4-20-29-22-16(5-6-32(22)30-20)15-8-17(24)21(26)18(25)9-15/h3-4,7-12,16H,5-6H2,1-2H3/t16-/m0/s1. The van der Waals surface area contributed by atoms with Gasteiger partial charge < -0.3 is 4.74 Å². The van der Waals surface area contributed by atoms with Gasteiger partial charge in [-0.15, -0.1) is 0 Å². The van der Waals surface area contributed by atoms with Crippen LogP contribution in [0, 0.1) is 24.4 Å². The van der Waals surface area contributed by atoms with Gasteiger partial charge in [0.15, 0.2) is 34.8 Å². The van der Waals surface area contributed by atoms with Crippen LogP contribution in [0.5, 0.6) is 5.75 Å². The Kier molecular flexibility index (Phi) is 5.20. The summed E-state index contributed by atoms with van der Waals surface area (Å²) in [5, 5.41) is 4.45. The number of hydrogen-bond donors (Lipinski definition) is 0. The van der Waals surface area contributed by atoms with E-state index in [0.717, 1.165) is 23.4 Å². The minimum atomic E-state index is -1.47. The molecule has 7 nitrogen and oxygen atoms in total. The van der Waals surface area contributed by atoms with Crippen molar-refractivity contribution < 1.29 is 17.9 Å². The van der Waals surface area contributed by atoms with Crippen molar-refractivity contribution >= 4 is 12.2 Å². The summed E-state index contributed by atoms with van der Waals surface area (Å²) in [4.78, 5) is 13.2. The lowest BCUT2D eigenvalue weighted by atomic mass is 9.97. The summed E-state index contributed by atoms with van der Waals surface area (Å²) < 4.78 is 49.7. The third kappa shape index (κ3) is 3.88. The molecule has 3 aromatic heterocycles. The van der Waals surface area contributed by atoms with Crippen LogP contribution in [-0.2, 0) is 6.54 Å². The normalized spacial score (nSPS) is 15.4. The molecule has 0 aliphatic carbocycles. The Morgan fingerprint density at radius 2 is 1.88 bits per heavy atom. The van der Waals surface area contributed by atoms with Gasteiger partial charge in [-0.05, 0) is 54.8 Å². The lowest BCUT2D eigenvalue weighted by Gasteiger charge is -2.09. The van der Waals surface area contributed by atoms with Gasteiger partial charge in [0.1, 0.15) is 12.2 Å². The molecule has 0 saturated carbocycles. The maximum Gasteiger partial charge on any atom is 0.194 e. The molecule has 1 aliphatic heterocycles. The van der Waals surface area contributed by atoms with Gasteiger partial charge in [-0.3, -0.25) is 4.57 Å². The van der Waals surface area contributed by atoms with Crippen molar-refractivity contribution in [3.05, 3.63) is 82.8 Å². The van der Waals surface area contributed by atoms with E-state index >= 15 is 0 Å². The molecule has 1 aromatic carbocycles. The number of hydrogen-bond acceptors (Lipinski definition) is 5. The first-order valence-electron chi connectivity index (χ1n) is 10.2. The number of aryl methyl sites for hydroxylation is 2. The molecular formula is C23H19F3N6O. The first-order valence-corrected chi connectivity index (χ1v) is 10.2. The summed E-state index contributed by atoms with van der Waals surface area (Å²) in [6.07, 6.45) is 9.33. The lowest BCUT2D eigenvalue weighted by molar-refractivity contribution is 0.410. The van der Waals surface area contributed by atoms with Gasteiger partial charge in [-0.1, -0.05) is 0 Å². The van der Waals surface area contributed by atoms with Crippen molar-refractivity contribution in [1.82, 2.24) is 29.3 Å². The second-order valence-corrected chi connectivity index (χ2v) is 7.74. The molecule has 10 heteroatoms. The third-order valence-corrected chi connectivity index (χ3v) is 5.52. The second-order valence-electron chi connectivity index (χ2n) is 7.74. The summed E-state index contributed by atoms with van der Waals surface area (Å²) >= 11 is 0. The Morgan fingerprint density at radius 3 is 2.58 bits per heavy atom. The zero-order valence-corrected chi connectivity index (χ0v) is 17.8. The van der Waals surface area contributed by atoms with Crippen molar-refractivity contribution in [2.45, 2.75) is 25.8 Å². The Morgan fingerprint density at radius 1 is 1.09 bits per heavy atom. The van der Waals surface area contributed by atoms with E-state index in [1.165, 1.54) is 0 Å². The number of imidazole rings is 1. The molecule has 0 fully saturated rings. The molecule has 0 spiro atoms. The van der Waals surface area contributed by atoms with Gasteiger partial charge in [-0.25, -0.2) is 32.8 Å². The molecule has 0 radical (unpaired) electrons. The average Bonchev–Trinajstić information content (AvgIpc) is 3.51. The summed E-state index contributed by atoms with van der Waals surface area (Å²) in [5.41, 5.74) is 1.99. The van der Waals surface area contributed by atoms with Crippen LogP contribution in [-0.4, -0.2) is 36.4 Å². The highest BCUT2D eigenvalue weighted by Gasteiger charge is 2.29. The summed E-state index contributed by atoms with van der Waals surface area (Å²) in [6.45, 7) is 2.44. The van der Waals surface area contributed by atoms with Gasteiger partial charge in [0, 0.05) is 24.9 Å². The predicted molar refractivity (Wildman–Crippen MR) is 114 cm³/mol. The number of halogens is 3. The summed E-state index contributed by atoms with van der Waals surface area (Å²) in [6, 6.07) is 3.87. The van der Waals surface area contributed by atoms with E-state index in [1.54, 1.807) is 41.0 Å². The summed E-state index contributed by atoms with van der Waals surface area (Å²) in [5.74, 6) is -2.01. The maximum atomic E-state index is 13.7. The van der Waals surface area contributed by atoms with E-state index in [1.807, 2.05) is 19.2 Å². The van der Waals surface area contributed by atoms with Crippen molar-refractivity contribution in [3.63, 3.8) is 0 Å². The molecule has 4 heterocycles. The highest BCUT2D eigenvalue weighted by molar-refractivity contribution is 5.67. The highest BCUT2D eigenvalue weighted by atomic mass is 19.2. The molecule has 4 aromatic rings. The number of rotatable bonds is 5. The number of aromatic nitrogens is 6. The fourth-order valence-corrected chi connectivity index (χ4v) is 3.93. The molecule has 0 unspecified atom stereocenters. The van der Waals surface area contributed by atoms with Crippen LogP contribution in [0.3, 0.4) is 0 Å². The first kappa shape index (κ1) is 20.9. The highest BCUT2D eigenvalue weighted by Crippen LogP contribution is 2.34. The first-order chi connectivity index (χ1) is 15.9. The maximum absolute atomic E-state index is 13.7. The van der Waals surface area contributed by atoms with E-state index in [2.05, 4.69) is 20.1 Å². The number of fused-ring (bicyclic) bond motifs is 1. The van der Waals surface area contributed by atoms with Crippen LogP contribution < -0.4 is 4.74 Å². The largest absolute Gasteiger partial charge is 0.493 e. The van der Waals surface area contributed by atoms with Crippen LogP contribution in [0.2, 0.25) is 0 Å². The molecule has 0 amide bonds. The average molecular weight is 452 g/mol. The zero-order valence-electron chi connectivity index (χ0n) is 17.8. The SMILES string of the molecule is COc1cc(C=Cc2nc3n(n2)CC[C@H]3c2cc(F)c(F)c(F)c2)cnc1-n1cnc(C)c1. The molecule has 1 aliphatic rings. The zero-order chi connectivity index (χ0) is 23.1. The molecule has 0 bridgehead atoms. The minimum Gasteiger partial charge on any atom is -0.493 e. The Balaban J connectivity index is 1.39. The molecule has 0 N–H and O–H groups in total. The molecule has 5 rings (SSSR count). The van der Waals surface area contributed by atoms with Crippen LogP contribution in [0.25, 0.3) is 18.0 Å². The topological polar surface area (TPSA) is 70.7 Å². The fraction of sp³-hybridized carbons (Fsp3) is 0.217. The van der Waals surface area contributed by atoms with Gasteiger partial charge >= 0.3 is 0 Å².